The van der Waals surface area contributed by atoms with Crippen molar-refractivity contribution in [3.05, 3.63) is 24.0 Å². The van der Waals surface area contributed by atoms with Crippen molar-refractivity contribution in [2.45, 2.75) is 44.3 Å². The Kier molecular flexibility index (Phi) is 6.23. The van der Waals surface area contributed by atoms with Crippen LogP contribution < -0.4 is 0 Å². The molecule has 0 unspecified atom stereocenters. The Morgan fingerprint density at radius 2 is 1.76 bits per heavy atom. The highest BCUT2D eigenvalue weighted by molar-refractivity contribution is 7.91. The van der Waals surface area contributed by atoms with Gasteiger partial charge < -0.3 is 0 Å². The van der Waals surface area contributed by atoms with Crippen LogP contribution in [0.3, 0.4) is 0 Å². The van der Waals surface area contributed by atoms with Gasteiger partial charge in [0, 0.05) is 11.9 Å². The number of nitrogens with zero attached hydrogens (tertiary/aromatic N) is 1. The van der Waals surface area contributed by atoms with E-state index in [4.69, 9.17) is 0 Å². The lowest BCUT2D eigenvalue weighted by atomic mass is 10.1. The third kappa shape index (κ3) is 4.03. The molecule has 0 aliphatic rings. The second-order valence-corrected chi connectivity index (χ2v) is 5.29. The fraction of sp³-hybridized carbons (Fsp3) is 0.545. The maximum Gasteiger partial charge on any atom is 0.341 e. The summed E-state index contributed by atoms with van der Waals surface area (Å²) in [4.78, 5) is 3.52. The summed E-state index contributed by atoms with van der Waals surface area (Å²) >= 11 is 0. The van der Waals surface area contributed by atoms with Crippen LogP contribution in [0.15, 0.2) is 23.2 Å². The lowest BCUT2D eigenvalue weighted by Crippen LogP contribution is -2.12. The number of halogens is 2. The van der Waals surface area contributed by atoms with E-state index in [-0.39, 0.29) is 10.8 Å². The average Bonchev–Trinajstić information content (AvgIpc) is 2.31. The van der Waals surface area contributed by atoms with Gasteiger partial charge in [-0.1, -0.05) is 27.7 Å². The maximum atomic E-state index is 12.2. The van der Waals surface area contributed by atoms with Crippen LogP contribution in [0.1, 0.15) is 39.3 Å². The molecule has 0 saturated carbocycles. The number of pyridine rings is 1. The second-order valence-electron chi connectivity index (χ2n) is 3.38. The molecular formula is C11H17F2NO2S. The summed E-state index contributed by atoms with van der Waals surface area (Å²) in [5.74, 6) is -3.39. The number of rotatable bonds is 3. The summed E-state index contributed by atoms with van der Waals surface area (Å²) in [7, 11) is -4.51. The molecule has 0 fully saturated rings. The quantitative estimate of drug-likeness (QED) is 0.843. The van der Waals surface area contributed by atoms with Gasteiger partial charge in [0.25, 0.3) is 0 Å². The fourth-order valence-corrected chi connectivity index (χ4v) is 1.76. The van der Waals surface area contributed by atoms with Gasteiger partial charge in [-0.05, 0) is 18.1 Å². The molecule has 0 saturated heterocycles. The highest BCUT2D eigenvalue weighted by atomic mass is 32.2. The number of sulfone groups is 1. The van der Waals surface area contributed by atoms with Crippen molar-refractivity contribution in [2.75, 3.05) is 0 Å². The average molecular weight is 265 g/mol. The normalized spacial score (nSPS) is 11.3. The molecule has 0 spiro atoms. The van der Waals surface area contributed by atoms with Gasteiger partial charge in [-0.2, -0.15) is 8.78 Å². The van der Waals surface area contributed by atoms with E-state index in [1.54, 1.807) is 13.8 Å². The van der Waals surface area contributed by atoms with Gasteiger partial charge in [-0.3, -0.25) is 4.98 Å². The molecule has 0 aromatic carbocycles. The number of hydrogen-bond donors (Lipinski definition) is 0. The molecule has 3 nitrogen and oxygen atoms in total. The largest absolute Gasteiger partial charge is 0.341 e. The van der Waals surface area contributed by atoms with Gasteiger partial charge in [0.1, 0.15) is 0 Å². The molecule has 0 atom stereocenters. The molecule has 1 aromatic heterocycles. The topological polar surface area (TPSA) is 47.0 Å². The summed E-state index contributed by atoms with van der Waals surface area (Å²) in [5, 5.41) is 0. The fourth-order valence-electron chi connectivity index (χ4n) is 1.02. The van der Waals surface area contributed by atoms with E-state index in [1.165, 1.54) is 12.3 Å². The Labute approximate surface area is 101 Å². The Bertz CT molecular complexity index is 445. The zero-order valence-corrected chi connectivity index (χ0v) is 11.1. The molecule has 1 rings (SSSR count). The molecule has 1 heterocycles. The summed E-state index contributed by atoms with van der Waals surface area (Å²) < 4.78 is 46.7. The molecule has 0 aliphatic carbocycles. The molecule has 0 amide bonds. The zero-order chi connectivity index (χ0) is 13.6. The van der Waals surface area contributed by atoms with E-state index in [2.05, 4.69) is 4.98 Å². The van der Waals surface area contributed by atoms with E-state index in [1.807, 2.05) is 13.8 Å². The molecule has 6 heteroatoms. The lowest BCUT2D eigenvalue weighted by Gasteiger charge is -2.07. The van der Waals surface area contributed by atoms with Gasteiger partial charge in [-0.15, -0.1) is 0 Å². The first-order chi connectivity index (χ1) is 7.85. The van der Waals surface area contributed by atoms with Gasteiger partial charge >= 0.3 is 5.76 Å². The SMILES string of the molecule is CC.CC(C)c1cc(S(=O)(=O)C(F)F)ccn1. The first-order valence-electron chi connectivity index (χ1n) is 5.33. The van der Waals surface area contributed by atoms with Crippen molar-refractivity contribution in [3.63, 3.8) is 0 Å². The van der Waals surface area contributed by atoms with E-state index >= 15 is 0 Å². The van der Waals surface area contributed by atoms with Gasteiger partial charge in [0.2, 0.25) is 9.84 Å². The monoisotopic (exact) mass is 265 g/mol. The van der Waals surface area contributed by atoms with E-state index < -0.39 is 15.6 Å². The van der Waals surface area contributed by atoms with Crippen LogP contribution in [-0.2, 0) is 9.84 Å². The minimum absolute atomic E-state index is 0.00202. The van der Waals surface area contributed by atoms with E-state index in [0.717, 1.165) is 6.07 Å². The molecule has 98 valence electrons. The predicted octanol–water partition coefficient (Wildman–Crippen LogP) is 3.23. The smallest absolute Gasteiger partial charge is 0.261 e. The molecule has 1 aromatic rings. The molecule has 0 aliphatic heterocycles. The standard InChI is InChI=1S/C9H11F2NO2S.C2H6/c1-6(2)8-5-7(3-4-12-8)15(13,14)9(10)11;1-2/h3-6,9H,1-2H3;1-2H3. The Hall–Kier alpha value is -1.04. The summed E-state index contributed by atoms with van der Waals surface area (Å²) in [5.41, 5.74) is 0.483. The molecule has 0 bridgehead atoms. The lowest BCUT2D eigenvalue weighted by molar-refractivity contribution is 0.234. The van der Waals surface area contributed by atoms with Gasteiger partial charge in [-0.25, -0.2) is 8.42 Å². The Balaban J connectivity index is 0.00000121. The Morgan fingerprint density at radius 1 is 1.24 bits per heavy atom. The maximum absolute atomic E-state index is 12.2. The Morgan fingerprint density at radius 3 is 2.18 bits per heavy atom. The van der Waals surface area contributed by atoms with Crippen molar-refractivity contribution in [3.8, 4) is 0 Å². The van der Waals surface area contributed by atoms with Crippen LogP contribution in [0.2, 0.25) is 0 Å². The molecule has 17 heavy (non-hydrogen) atoms. The minimum Gasteiger partial charge on any atom is -0.261 e. The molecular weight excluding hydrogens is 248 g/mol. The number of aromatic nitrogens is 1. The van der Waals surface area contributed by atoms with E-state index in [9.17, 15) is 17.2 Å². The number of hydrogen-bond acceptors (Lipinski definition) is 3. The molecule has 0 N–H and O–H groups in total. The van der Waals surface area contributed by atoms with Crippen LogP contribution in [0.5, 0.6) is 0 Å². The van der Waals surface area contributed by atoms with Gasteiger partial charge in [0.05, 0.1) is 4.90 Å². The third-order valence-corrected chi connectivity index (χ3v) is 3.29. The van der Waals surface area contributed by atoms with Crippen molar-refractivity contribution < 1.29 is 17.2 Å². The first-order valence-corrected chi connectivity index (χ1v) is 6.88. The van der Waals surface area contributed by atoms with Crippen LogP contribution in [-0.4, -0.2) is 19.2 Å². The third-order valence-electron chi connectivity index (χ3n) is 1.91. The van der Waals surface area contributed by atoms with Crippen LogP contribution in [0, 0.1) is 0 Å². The van der Waals surface area contributed by atoms with Crippen molar-refractivity contribution in [1.82, 2.24) is 4.98 Å². The van der Waals surface area contributed by atoms with Gasteiger partial charge in [0.15, 0.2) is 0 Å². The predicted molar refractivity (Wildman–Crippen MR) is 62.9 cm³/mol. The summed E-state index contributed by atoms with van der Waals surface area (Å²) in [6, 6.07) is 2.26. The van der Waals surface area contributed by atoms with Crippen molar-refractivity contribution in [2.24, 2.45) is 0 Å². The number of alkyl halides is 2. The summed E-state index contributed by atoms with van der Waals surface area (Å²) in [6.07, 6.45) is 1.23. The second kappa shape index (κ2) is 6.64. The summed E-state index contributed by atoms with van der Waals surface area (Å²) in [6.45, 7) is 7.61. The van der Waals surface area contributed by atoms with Crippen LogP contribution in [0.25, 0.3) is 0 Å². The first kappa shape index (κ1) is 16.0. The van der Waals surface area contributed by atoms with Crippen LogP contribution >= 0.6 is 0 Å². The van der Waals surface area contributed by atoms with Crippen LogP contribution in [0.4, 0.5) is 8.78 Å². The highest BCUT2D eigenvalue weighted by Gasteiger charge is 2.26. The minimum atomic E-state index is -4.51. The highest BCUT2D eigenvalue weighted by Crippen LogP contribution is 2.20. The molecule has 0 radical (unpaired) electrons. The van der Waals surface area contributed by atoms with Crippen molar-refractivity contribution >= 4 is 9.84 Å². The van der Waals surface area contributed by atoms with Crippen molar-refractivity contribution in [1.29, 1.82) is 0 Å². The zero-order valence-electron chi connectivity index (χ0n) is 10.3. The van der Waals surface area contributed by atoms with E-state index in [0.29, 0.717) is 5.69 Å².